The Bertz CT molecular complexity index is 1210. The van der Waals surface area contributed by atoms with Crippen molar-refractivity contribution < 1.29 is 58.9 Å². The first-order valence-electron chi connectivity index (χ1n) is 32.9. The SMILES string of the molecule is CCCCCCCCCCCCSCCCCCCCCCCCCCCCCCCCCCCCCCCCCCCCCCCC(=O)N(CC)CCCCCCCCCCC(=O)NC(CCC(=O)[O-])C(=O)[O-].[Na+]. The molecule has 0 saturated carbocycles. The molecule has 0 aliphatic carbocycles. The van der Waals surface area contributed by atoms with E-state index in [2.05, 4.69) is 30.9 Å². The molecule has 1 N–H and O–H groups in total. The van der Waals surface area contributed by atoms with Gasteiger partial charge in [0.2, 0.25) is 11.8 Å². The van der Waals surface area contributed by atoms with Crippen LogP contribution >= 0.6 is 11.8 Å². The zero-order valence-corrected chi connectivity index (χ0v) is 53.2. The molecule has 438 valence electrons. The van der Waals surface area contributed by atoms with Crippen LogP contribution in [0.25, 0.3) is 0 Å². The molecule has 0 aromatic heterocycles. The summed E-state index contributed by atoms with van der Waals surface area (Å²) in [6.07, 6.45) is 68.0. The largest absolute Gasteiger partial charge is 1.00 e. The van der Waals surface area contributed by atoms with Crippen molar-refractivity contribution in [2.75, 3.05) is 24.6 Å². The Kier molecular flexibility index (Phi) is 65.2. The first-order chi connectivity index (χ1) is 36.3. The van der Waals surface area contributed by atoms with Gasteiger partial charge in [-0.1, -0.05) is 296 Å². The Hall–Kier alpha value is -0.770. The van der Waals surface area contributed by atoms with E-state index in [0.717, 1.165) is 64.5 Å². The van der Waals surface area contributed by atoms with E-state index in [-0.39, 0.29) is 42.4 Å². The molecule has 0 heterocycles. The fraction of sp³-hybridized carbons (Fsp3) is 0.938. The topological polar surface area (TPSA) is 130 Å². The maximum Gasteiger partial charge on any atom is 1.00 e. The summed E-state index contributed by atoms with van der Waals surface area (Å²) >= 11 is 2.22. The second kappa shape index (κ2) is 64.1. The molecule has 0 bridgehead atoms. The number of carboxylic acids is 2. The summed E-state index contributed by atoms with van der Waals surface area (Å²) in [5.41, 5.74) is 0. The number of unbranched alkanes of at least 4 members (excludes halogenated alkanes) is 47. The van der Waals surface area contributed by atoms with Gasteiger partial charge < -0.3 is 30.0 Å². The number of amides is 2. The van der Waals surface area contributed by atoms with Gasteiger partial charge in [-0.15, -0.1) is 0 Å². The number of hydrogen-bond acceptors (Lipinski definition) is 7. The zero-order valence-electron chi connectivity index (χ0n) is 50.4. The van der Waals surface area contributed by atoms with Gasteiger partial charge in [0, 0.05) is 31.9 Å². The number of thioether (sulfide) groups is 1. The van der Waals surface area contributed by atoms with Crippen molar-refractivity contribution in [2.24, 2.45) is 0 Å². The van der Waals surface area contributed by atoms with E-state index >= 15 is 0 Å². The molecule has 2 amide bonds. The normalized spacial score (nSPS) is 11.7. The van der Waals surface area contributed by atoms with Crippen LogP contribution in [0.15, 0.2) is 0 Å². The van der Waals surface area contributed by atoms with Gasteiger partial charge in [-0.3, -0.25) is 9.59 Å². The van der Waals surface area contributed by atoms with Crippen molar-refractivity contribution in [3.05, 3.63) is 0 Å². The molecule has 0 aliphatic heterocycles. The third-order valence-corrected chi connectivity index (χ3v) is 16.8. The maximum absolute atomic E-state index is 12.8. The van der Waals surface area contributed by atoms with Gasteiger partial charge >= 0.3 is 29.6 Å². The number of carboxylic acid groups (broad SMARTS) is 2. The van der Waals surface area contributed by atoms with Crippen molar-refractivity contribution in [3.63, 3.8) is 0 Å². The van der Waals surface area contributed by atoms with Gasteiger partial charge in [-0.25, -0.2) is 0 Å². The van der Waals surface area contributed by atoms with Crippen molar-refractivity contribution in [1.82, 2.24) is 10.2 Å². The van der Waals surface area contributed by atoms with Crippen molar-refractivity contribution in [1.29, 1.82) is 0 Å². The molecule has 1 unspecified atom stereocenters. The molecule has 0 spiro atoms. The number of hydrogen-bond donors (Lipinski definition) is 1. The second-order valence-corrected chi connectivity index (χ2v) is 24.0. The van der Waals surface area contributed by atoms with Gasteiger partial charge in [0.15, 0.2) is 0 Å². The average molecular weight is 1080 g/mol. The standard InChI is InChI=1S/C65H126N2O6S.Na/c1-3-5-6-7-8-9-37-42-47-52-59-74-60-53-48-43-38-33-31-29-27-25-23-21-19-17-15-13-11-10-12-14-16-18-20-22-24-26-28-30-32-34-40-45-50-55-63(69)67(4-2)58-51-46-41-36-35-39-44-49-54-62(68)66-61(65(72)73)56-57-64(70)71;/h61H,3-60H2,1-2H3,(H,66,68)(H,70,71)(H,72,73);/q;+1/p-2. The second-order valence-electron chi connectivity index (χ2n) is 22.8. The third-order valence-electron chi connectivity index (χ3n) is 15.6. The van der Waals surface area contributed by atoms with Gasteiger partial charge in [0.1, 0.15) is 0 Å². The minimum atomic E-state index is -1.48. The third kappa shape index (κ3) is 60.7. The predicted octanol–water partition coefficient (Wildman–Crippen LogP) is 14.6. The summed E-state index contributed by atoms with van der Waals surface area (Å²) in [6.45, 7) is 6.02. The maximum atomic E-state index is 12.8. The van der Waals surface area contributed by atoms with E-state index in [9.17, 15) is 29.4 Å². The predicted molar refractivity (Wildman–Crippen MR) is 317 cm³/mol. The van der Waals surface area contributed by atoms with Crippen LogP contribution in [0.5, 0.6) is 0 Å². The minimum Gasteiger partial charge on any atom is -0.550 e. The molecule has 0 radical (unpaired) electrons. The molecule has 0 aromatic rings. The van der Waals surface area contributed by atoms with Crippen LogP contribution in [0.3, 0.4) is 0 Å². The van der Waals surface area contributed by atoms with E-state index in [1.54, 1.807) is 0 Å². The number of nitrogens with one attached hydrogen (secondary N) is 1. The molecule has 8 nitrogen and oxygen atoms in total. The van der Waals surface area contributed by atoms with Gasteiger partial charge in [-0.2, -0.15) is 11.8 Å². The number of rotatable bonds is 63. The molecular formula is C65H124N2NaO6S-. The van der Waals surface area contributed by atoms with Crippen LogP contribution in [-0.2, 0) is 19.2 Å². The Morgan fingerprint density at radius 3 is 0.947 bits per heavy atom. The molecule has 10 heteroatoms. The van der Waals surface area contributed by atoms with E-state index in [1.165, 1.54) is 275 Å². The fourth-order valence-corrected chi connectivity index (χ4v) is 11.6. The van der Waals surface area contributed by atoms with Crippen molar-refractivity contribution in [3.8, 4) is 0 Å². The summed E-state index contributed by atoms with van der Waals surface area (Å²) in [7, 11) is 0. The van der Waals surface area contributed by atoms with Crippen LogP contribution in [0.1, 0.15) is 361 Å². The Morgan fingerprint density at radius 2 is 0.653 bits per heavy atom. The number of nitrogens with zero attached hydrogens (tertiary/aromatic N) is 1. The molecular weight excluding hydrogens is 960 g/mol. The Morgan fingerprint density at radius 1 is 0.373 bits per heavy atom. The number of carbonyl (C=O) groups excluding carboxylic acids is 4. The molecule has 0 rings (SSSR count). The van der Waals surface area contributed by atoms with Crippen LogP contribution < -0.4 is 45.1 Å². The van der Waals surface area contributed by atoms with E-state index in [4.69, 9.17) is 0 Å². The summed E-state index contributed by atoms with van der Waals surface area (Å²) < 4.78 is 0. The summed E-state index contributed by atoms with van der Waals surface area (Å²) in [5, 5.41) is 24.0. The molecule has 0 saturated heterocycles. The van der Waals surface area contributed by atoms with Crippen LogP contribution in [0.4, 0.5) is 0 Å². The summed E-state index contributed by atoms with van der Waals surface area (Å²) in [6, 6.07) is -1.30. The minimum absolute atomic E-state index is 0. The average Bonchev–Trinajstić information content (AvgIpc) is 3.38. The van der Waals surface area contributed by atoms with Gasteiger partial charge in [0.25, 0.3) is 0 Å². The first kappa shape index (κ1) is 76.3. The molecule has 75 heavy (non-hydrogen) atoms. The van der Waals surface area contributed by atoms with E-state index in [0.29, 0.717) is 18.7 Å². The Labute approximate surface area is 492 Å². The monoisotopic (exact) mass is 1080 g/mol. The Balaban J connectivity index is 0. The number of aliphatic carboxylic acids is 2. The molecule has 1 atom stereocenters. The zero-order chi connectivity index (χ0) is 53.9. The van der Waals surface area contributed by atoms with Crippen molar-refractivity contribution in [2.45, 2.75) is 367 Å². The molecule has 0 aliphatic rings. The summed E-state index contributed by atoms with van der Waals surface area (Å²) in [4.78, 5) is 48.5. The van der Waals surface area contributed by atoms with E-state index in [1.807, 2.05) is 4.90 Å². The first-order valence-corrected chi connectivity index (χ1v) is 34.0. The van der Waals surface area contributed by atoms with Crippen LogP contribution in [0.2, 0.25) is 0 Å². The molecule has 0 fully saturated rings. The summed E-state index contributed by atoms with van der Waals surface area (Å²) in [5.74, 6) is -0.118. The molecule has 0 aromatic carbocycles. The quantitative estimate of drug-likeness (QED) is 0.0474. The van der Waals surface area contributed by atoms with E-state index < -0.39 is 30.3 Å². The van der Waals surface area contributed by atoms with Crippen molar-refractivity contribution >= 4 is 35.5 Å². The van der Waals surface area contributed by atoms with Gasteiger partial charge in [-0.05, 0) is 63.4 Å². The number of carbonyl (C=O) groups is 4. The van der Waals surface area contributed by atoms with Gasteiger partial charge in [0.05, 0.1) is 12.0 Å². The van der Waals surface area contributed by atoms with Crippen LogP contribution in [-0.4, -0.2) is 59.3 Å². The fourth-order valence-electron chi connectivity index (χ4n) is 10.6. The van der Waals surface area contributed by atoms with Crippen LogP contribution in [0, 0.1) is 0 Å². The smallest absolute Gasteiger partial charge is 0.550 e.